The van der Waals surface area contributed by atoms with Gasteiger partial charge < -0.3 is 9.80 Å². The fraction of sp³-hybridized carbons (Fsp3) is 0.474. The molecule has 0 radical (unpaired) electrons. The lowest BCUT2D eigenvalue weighted by Crippen LogP contribution is -2.36. The Morgan fingerprint density at radius 1 is 1.12 bits per heavy atom. The second-order valence-corrected chi connectivity index (χ2v) is 7.28. The van der Waals surface area contributed by atoms with E-state index < -0.39 is 0 Å². The van der Waals surface area contributed by atoms with E-state index in [1.54, 1.807) is 0 Å². The smallest absolute Gasteiger partial charge is 0.225 e. The lowest BCUT2D eigenvalue weighted by atomic mass is 10.1. The van der Waals surface area contributed by atoms with Crippen molar-refractivity contribution in [3.05, 3.63) is 34.9 Å². The summed E-state index contributed by atoms with van der Waals surface area (Å²) in [6.07, 6.45) is 3.14. The zero-order valence-electron chi connectivity index (χ0n) is 14.0. The molecule has 1 saturated heterocycles. The molecule has 2 aliphatic rings. The highest BCUT2D eigenvalue weighted by Gasteiger charge is 2.34. The second kappa shape index (κ2) is 6.25. The fourth-order valence-corrected chi connectivity index (χ4v) is 3.66. The van der Waals surface area contributed by atoms with E-state index in [0.717, 1.165) is 72.7 Å². The predicted molar refractivity (Wildman–Crippen MR) is 97.6 cm³/mol. The van der Waals surface area contributed by atoms with Gasteiger partial charge in [0.1, 0.15) is 5.82 Å². The first kappa shape index (κ1) is 15.7. The number of nitrogens with zero attached hydrogens (tertiary/aromatic N) is 3. The quantitative estimate of drug-likeness (QED) is 0.835. The Morgan fingerprint density at radius 3 is 2.75 bits per heavy atom. The van der Waals surface area contributed by atoms with Gasteiger partial charge in [-0.1, -0.05) is 17.7 Å². The number of hydrogen-bond acceptors (Lipinski definition) is 3. The number of fused-ring (bicyclic) bond motifs is 1. The Kier molecular flexibility index (Phi) is 4.09. The second-order valence-electron chi connectivity index (χ2n) is 6.87. The topological polar surface area (TPSA) is 36.4 Å². The van der Waals surface area contributed by atoms with Crippen LogP contribution in [0.25, 0.3) is 10.9 Å². The van der Waals surface area contributed by atoms with E-state index in [1.165, 1.54) is 0 Å². The number of aryl methyl sites for hydroxylation is 1. The molecule has 0 bridgehead atoms. The summed E-state index contributed by atoms with van der Waals surface area (Å²) in [6.45, 7) is 5.50. The van der Waals surface area contributed by atoms with Gasteiger partial charge in [0.2, 0.25) is 5.91 Å². The van der Waals surface area contributed by atoms with Gasteiger partial charge in [-0.2, -0.15) is 0 Å². The molecule has 1 aliphatic carbocycles. The highest BCUT2D eigenvalue weighted by atomic mass is 35.5. The molecule has 1 aromatic carbocycles. The van der Waals surface area contributed by atoms with Crippen molar-refractivity contribution >= 4 is 34.2 Å². The first-order chi connectivity index (χ1) is 11.6. The van der Waals surface area contributed by atoms with Gasteiger partial charge in [-0.15, -0.1) is 0 Å². The van der Waals surface area contributed by atoms with Crippen LogP contribution in [0.3, 0.4) is 0 Å². The summed E-state index contributed by atoms with van der Waals surface area (Å²) in [7, 11) is 0. The summed E-state index contributed by atoms with van der Waals surface area (Å²) in [5.74, 6) is 1.64. The van der Waals surface area contributed by atoms with Crippen LogP contribution in [0, 0.1) is 12.8 Å². The number of carbonyl (C=O) groups is 1. The SMILES string of the molecule is Cc1ccc(Cl)c2ccc(N3CCCN(C(=O)C4CC4)CC3)nc12. The van der Waals surface area contributed by atoms with Crippen molar-refractivity contribution in [1.29, 1.82) is 0 Å². The van der Waals surface area contributed by atoms with Crippen molar-refractivity contribution < 1.29 is 4.79 Å². The standard InChI is InChI=1S/C19H22ClN3O/c1-13-3-7-16(20)15-6-8-17(21-18(13)15)22-9-2-10-23(12-11-22)19(24)14-4-5-14/h3,6-8,14H,2,4-5,9-12H2,1H3. The first-order valence-corrected chi connectivity index (χ1v) is 9.11. The molecular formula is C19H22ClN3O. The Bertz CT molecular complexity index is 788. The molecule has 24 heavy (non-hydrogen) atoms. The Morgan fingerprint density at radius 2 is 1.96 bits per heavy atom. The molecule has 1 saturated carbocycles. The fourth-order valence-electron chi connectivity index (χ4n) is 3.44. The van der Waals surface area contributed by atoms with E-state index in [2.05, 4.69) is 17.9 Å². The molecule has 0 atom stereocenters. The summed E-state index contributed by atoms with van der Waals surface area (Å²) in [6, 6.07) is 8.05. The lowest BCUT2D eigenvalue weighted by Gasteiger charge is -2.23. The Balaban J connectivity index is 1.56. The van der Waals surface area contributed by atoms with Crippen molar-refractivity contribution in [2.45, 2.75) is 26.2 Å². The van der Waals surface area contributed by atoms with Crippen molar-refractivity contribution in [3.8, 4) is 0 Å². The molecule has 5 heteroatoms. The molecule has 0 N–H and O–H groups in total. The minimum atomic E-state index is 0.306. The molecule has 1 amide bonds. The zero-order valence-corrected chi connectivity index (χ0v) is 14.7. The molecule has 0 spiro atoms. The third kappa shape index (κ3) is 2.95. The summed E-state index contributed by atoms with van der Waals surface area (Å²) in [5, 5.41) is 1.74. The van der Waals surface area contributed by atoms with Crippen molar-refractivity contribution in [1.82, 2.24) is 9.88 Å². The minimum absolute atomic E-state index is 0.306. The molecule has 1 aromatic heterocycles. The first-order valence-electron chi connectivity index (χ1n) is 8.73. The molecule has 0 unspecified atom stereocenters. The van der Waals surface area contributed by atoms with Gasteiger partial charge in [0.05, 0.1) is 5.52 Å². The van der Waals surface area contributed by atoms with Gasteiger partial charge in [0.25, 0.3) is 0 Å². The Hall–Kier alpha value is -1.81. The van der Waals surface area contributed by atoms with Crippen LogP contribution in [0.2, 0.25) is 5.02 Å². The number of amides is 1. The normalized spacial score (nSPS) is 18.8. The van der Waals surface area contributed by atoms with Gasteiger partial charge in [0.15, 0.2) is 0 Å². The monoisotopic (exact) mass is 343 g/mol. The van der Waals surface area contributed by atoms with E-state index in [4.69, 9.17) is 16.6 Å². The summed E-state index contributed by atoms with van der Waals surface area (Å²) in [4.78, 5) is 21.5. The van der Waals surface area contributed by atoms with Crippen LogP contribution >= 0.6 is 11.6 Å². The number of rotatable bonds is 2. The third-order valence-electron chi connectivity index (χ3n) is 5.05. The van der Waals surface area contributed by atoms with Crippen LogP contribution in [0.15, 0.2) is 24.3 Å². The van der Waals surface area contributed by atoms with Gasteiger partial charge in [0, 0.05) is 42.5 Å². The summed E-state index contributed by atoms with van der Waals surface area (Å²) >= 11 is 6.28. The summed E-state index contributed by atoms with van der Waals surface area (Å²) in [5.41, 5.74) is 2.10. The predicted octanol–water partition coefficient (Wildman–Crippen LogP) is 3.65. The highest BCUT2D eigenvalue weighted by molar-refractivity contribution is 6.35. The molecular weight excluding hydrogens is 322 g/mol. The van der Waals surface area contributed by atoms with E-state index in [0.29, 0.717) is 11.8 Å². The molecule has 4 rings (SSSR count). The largest absolute Gasteiger partial charge is 0.355 e. The zero-order chi connectivity index (χ0) is 16.7. The molecule has 2 aromatic rings. The number of aromatic nitrogens is 1. The molecule has 1 aliphatic heterocycles. The van der Waals surface area contributed by atoms with Gasteiger partial charge in [-0.3, -0.25) is 4.79 Å². The van der Waals surface area contributed by atoms with E-state index in [-0.39, 0.29) is 0 Å². The number of hydrogen-bond donors (Lipinski definition) is 0. The Labute approximate surface area is 147 Å². The number of pyridine rings is 1. The molecule has 2 fully saturated rings. The lowest BCUT2D eigenvalue weighted by molar-refractivity contribution is -0.132. The van der Waals surface area contributed by atoms with Gasteiger partial charge in [-0.25, -0.2) is 4.98 Å². The summed E-state index contributed by atoms with van der Waals surface area (Å²) < 4.78 is 0. The molecule has 126 valence electrons. The maximum atomic E-state index is 12.3. The number of carbonyl (C=O) groups excluding carboxylic acids is 1. The van der Waals surface area contributed by atoms with Gasteiger partial charge in [-0.05, 0) is 49.9 Å². The number of benzene rings is 1. The number of anilines is 1. The van der Waals surface area contributed by atoms with Crippen molar-refractivity contribution in [2.75, 3.05) is 31.1 Å². The average molecular weight is 344 g/mol. The van der Waals surface area contributed by atoms with Gasteiger partial charge >= 0.3 is 0 Å². The molecule has 2 heterocycles. The van der Waals surface area contributed by atoms with Crippen LogP contribution in [0.5, 0.6) is 0 Å². The van der Waals surface area contributed by atoms with E-state index in [9.17, 15) is 4.79 Å². The maximum Gasteiger partial charge on any atom is 0.225 e. The van der Waals surface area contributed by atoms with Crippen LogP contribution in [-0.4, -0.2) is 42.0 Å². The molecule has 4 nitrogen and oxygen atoms in total. The number of halogens is 1. The minimum Gasteiger partial charge on any atom is -0.355 e. The van der Waals surface area contributed by atoms with E-state index in [1.807, 2.05) is 23.1 Å². The maximum absolute atomic E-state index is 12.3. The van der Waals surface area contributed by atoms with Crippen LogP contribution in [-0.2, 0) is 4.79 Å². The van der Waals surface area contributed by atoms with Crippen LogP contribution in [0.4, 0.5) is 5.82 Å². The van der Waals surface area contributed by atoms with Crippen LogP contribution < -0.4 is 4.90 Å². The third-order valence-corrected chi connectivity index (χ3v) is 5.38. The average Bonchev–Trinajstić information content (AvgIpc) is 3.44. The highest BCUT2D eigenvalue weighted by Crippen LogP contribution is 2.32. The van der Waals surface area contributed by atoms with Crippen molar-refractivity contribution in [3.63, 3.8) is 0 Å². The van der Waals surface area contributed by atoms with E-state index >= 15 is 0 Å². The van der Waals surface area contributed by atoms with Crippen molar-refractivity contribution in [2.24, 2.45) is 5.92 Å². The van der Waals surface area contributed by atoms with Crippen LogP contribution in [0.1, 0.15) is 24.8 Å².